The van der Waals surface area contributed by atoms with E-state index in [0.717, 1.165) is 0 Å². The third-order valence-corrected chi connectivity index (χ3v) is 3.38. The van der Waals surface area contributed by atoms with Crippen LogP contribution in [0.3, 0.4) is 0 Å². The number of hydrogen-bond acceptors (Lipinski definition) is 5. The average molecular weight is 278 g/mol. The van der Waals surface area contributed by atoms with Crippen LogP contribution in [0.15, 0.2) is 12.5 Å². The monoisotopic (exact) mass is 278 g/mol. The topological polar surface area (TPSA) is 86.6 Å². The SMILES string of the molecule is CC(=O)N1CCN(C(=O)c2cncnc2C)CC(O)C1. The first kappa shape index (κ1) is 14.4. The van der Waals surface area contributed by atoms with Gasteiger partial charge in [-0.05, 0) is 6.92 Å². The molecule has 1 aliphatic heterocycles. The van der Waals surface area contributed by atoms with Gasteiger partial charge in [-0.2, -0.15) is 0 Å². The molecule has 2 rings (SSSR count). The molecule has 1 fully saturated rings. The predicted molar refractivity (Wildman–Crippen MR) is 70.9 cm³/mol. The highest BCUT2D eigenvalue weighted by molar-refractivity contribution is 5.95. The number of amides is 2. The van der Waals surface area contributed by atoms with Crippen molar-refractivity contribution in [3.63, 3.8) is 0 Å². The second-order valence-corrected chi connectivity index (χ2v) is 4.89. The third kappa shape index (κ3) is 3.11. The maximum absolute atomic E-state index is 12.4. The van der Waals surface area contributed by atoms with Crippen molar-refractivity contribution in [2.24, 2.45) is 0 Å². The number of aliphatic hydroxyl groups excluding tert-OH is 1. The van der Waals surface area contributed by atoms with Crippen LogP contribution in [0.2, 0.25) is 0 Å². The molecule has 0 radical (unpaired) electrons. The van der Waals surface area contributed by atoms with Crippen molar-refractivity contribution < 1.29 is 14.7 Å². The second-order valence-electron chi connectivity index (χ2n) is 4.89. The van der Waals surface area contributed by atoms with Gasteiger partial charge in [-0.25, -0.2) is 9.97 Å². The maximum atomic E-state index is 12.4. The van der Waals surface area contributed by atoms with Crippen molar-refractivity contribution >= 4 is 11.8 Å². The van der Waals surface area contributed by atoms with E-state index in [9.17, 15) is 14.7 Å². The molecule has 7 nitrogen and oxygen atoms in total. The summed E-state index contributed by atoms with van der Waals surface area (Å²) in [6.07, 6.45) is 2.13. The van der Waals surface area contributed by atoms with Gasteiger partial charge in [0.2, 0.25) is 5.91 Å². The zero-order valence-electron chi connectivity index (χ0n) is 11.6. The Morgan fingerprint density at radius 2 is 1.95 bits per heavy atom. The van der Waals surface area contributed by atoms with Crippen molar-refractivity contribution in [2.45, 2.75) is 20.0 Å². The molecule has 7 heteroatoms. The molecule has 1 aliphatic rings. The van der Waals surface area contributed by atoms with Gasteiger partial charge in [0.05, 0.1) is 17.4 Å². The Balaban J connectivity index is 2.15. The number of nitrogens with zero attached hydrogens (tertiary/aromatic N) is 4. The van der Waals surface area contributed by atoms with E-state index in [4.69, 9.17) is 0 Å². The van der Waals surface area contributed by atoms with Gasteiger partial charge in [-0.3, -0.25) is 9.59 Å². The quantitative estimate of drug-likeness (QED) is 0.745. The van der Waals surface area contributed by atoms with Crippen LogP contribution in [0.25, 0.3) is 0 Å². The average Bonchev–Trinajstić information content (AvgIpc) is 2.60. The van der Waals surface area contributed by atoms with E-state index in [1.165, 1.54) is 19.4 Å². The molecule has 108 valence electrons. The van der Waals surface area contributed by atoms with Gasteiger partial charge in [0.15, 0.2) is 0 Å². The van der Waals surface area contributed by atoms with Crippen molar-refractivity contribution in [2.75, 3.05) is 26.2 Å². The highest BCUT2D eigenvalue weighted by Crippen LogP contribution is 2.11. The molecule has 1 aromatic heterocycles. The molecular formula is C13H18N4O3. The van der Waals surface area contributed by atoms with E-state index in [-0.39, 0.29) is 24.9 Å². The molecule has 0 saturated carbocycles. The Bertz CT molecular complexity index is 520. The molecule has 1 atom stereocenters. The number of carbonyl (C=O) groups excluding carboxylic acids is 2. The lowest BCUT2D eigenvalue weighted by Crippen LogP contribution is -2.38. The van der Waals surface area contributed by atoms with Crippen molar-refractivity contribution in [1.82, 2.24) is 19.8 Å². The third-order valence-electron chi connectivity index (χ3n) is 3.38. The van der Waals surface area contributed by atoms with E-state index < -0.39 is 6.10 Å². The van der Waals surface area contributed by atoms with Gasteiger partial charge in [-0.1, -0.05) is 0 Å². The summed E-state index contributed by atoms with van der Waals surface area (Å²) in [5.41, 5.74) is 1.03. The van der Waals surface area contributed by atoms with Gasteiger partial charge in [-0.15, -0.1) is 0 Å². The fraction of sp³-hybridized carbons (Fsp3) is 0.538. The fourth-order valence-corrected chi connectivity index (χ4v) is 2.23. The minimum atomic E-state index is -0.740. The van der Waals surface area contributed by atoms with Crippen LogP contribution in [-0.4, -0.2) is 69.0 Å². The standard InChI is InChI=1S/C13H18N4O3/c1-9-12(5-14-8-15-9)13(20)17-4-3-16(10(2)18)6-11(19)7-17/h5,8,11,19H,3-4,6-7H2,1-2H3. The van der Waals surface area contributed by atoms with Crippen LogP contribution in [-0.2, 0) is 4.79 Å². The van der Waals surface area contributed by atoms with Crippen LogP contribution < -0.4 is 0 Å². The second kappa shape index (κ2) is 5.96. The lowest BCUT2D eigenvalue weighted by atomic mass is 10.2. The smallest absolute Gasteiger partial charge is 0.257 e. The van der Waals surface area contributed by atoms with E-state index in [0.29, 0.717) is 24.3 Å². The largest absolute Gasteiger partial charge is 0.389 e. The first-order valence-corrected chi connectivity index (χ1v) is 6.48. The molecule has 0 spiro atoms. The summed E-state index contributed by atoms with van der Waals surface area (Å²) < 4.78 is 0. The Morgan fingerprint density at radius 3 is 2.60 bits per heavy atom. The normalized spacial score (nSPS) is 19.6. The fourth-order valence-electron chi connectivity index (χ4n) is 2.23. The molecule has 1 saturated heterocycles. The Morgan fingerprint density at radius 1 is 1.30 bits per heavy atom. The summed E-state index contributed by atoms with van der Waals surface area (Å²) in [4.78, 5) is 34.8. The number of carbonyl (C=O) groups is 2. The summed E-state index contributed by atoms with van der Waals surface area (Å²) in [7, 11) is 0. The van der Waals surface area contributed by atoms with E-state index >= 15 is 0 Å². The number of aromatic nitrogens is 2. The molecule has 2 heterocycles. The molecule has 1 unspecified atom stereocenters. The zero-order chi connectivity index (χ0) is 14.7. The minimum absolute atomic E-state index is 0.0995. The summed E-state index contributed by atoms with van der Waals surface area (Å²) in [5, 5.41) is 9.92. The molecule has 0 aromatic carbocycles. The molecular weight excluding hydrogens is 260 g/mol. The van der Waals surface area contributed by atoms with Crippen LogP contribution >= 0.6 is 0 Å². The van der Waals surface area contributed by atoms with Gasteiger partial charge in [0.1, 0.15) is 6.33 Å². The highest BCUT2D eigenvalue weighted by atomic mass is 16.3. The van der Waals surface area contributed by atoms with Gasteiger partial charge >= 0.3 is 0 Å². The van der Waals surface area contributed by atoms with E-state index in [1.54, 1.807) is 16.7 Å². The molecule has 0 aliphatic carbocycles. The number of aliphatic hydroxyl groups is 1. The van der Waals surface area contributed by atoms with Crippen LogP contribution in [0.1, 0.15) is 23.0 Å². The molecule has 2 amide bonds. The van der Waals surface area contributed by atoms with Crippen molar-refractivity contribution in [1.29, 1.82) is 0 Å². The van der Waals surface area contributed by atoms with Crippen LogP contribution in [0.4, 0.5) is 0 Å². The molecule has 1 N–H and O–H groups in total. The van der Waals surface area contributed by atoms with Crippen molar-refractivity contribution in [3.8, 4) is 0 Å². The Labute approximate surface area is 117 Å². The number of aryl methyl sites for hydroxylation is 1. The summed E-state index contributed by atoms with van der Waals surface area (Å²) >= 11 is 0. The lowest BCUT2D eigenvalue weighted by Gasteiger charge is -2.22. The number of hydrogen-bond donors (Lipinski definition) is 1. The minimum Gasteiger partial charge on any atom is -0.389 e. The van der Waals surface area contributed by atoms with Gasteiger partial charge in [0, 0.05) is 39.3 Å². The summed E-state index contributed by atoms with van der Waals surface area (Å²) in [5.74, 6) is -0.315. The van der Waals surface area contributed by atoms with Gasteiger partial charge in [0.25, 0.3) is 5.91 Å². The van der Waals surface area contributed by atoms with Crippen LogP contribution in [0.5, 0.6) is 0 Å². The van der Waals surface area contributed by atoms with E-state index in [1.807, 2.05) is 0 Å². The highest BCUT2D eigenvalue weighted by Gasteiger charge is 2.27. The first-order valence-electron chi connectivity index (χ1n) is 6.48. The van der Waals surface area contributed by atoms with Gasteiger partial charge < -0.3 is 14.9 Å². The van der Waals surface area contributed by atoms with E-state index in [2.05, 4.69) is 9.97 Å². The summed E-state index contributed by atoms with van der Waals surface area (Å²) in [6.45, 7) is 4.47. The van der Waals surface area contributed by atoms with Crippen LogP contribution in [0, 0.1) is 6.92 Å². The maximum Gasteiger partial charge on any atom is 0.257 e. The van der Waals surface area contributed by atoms with Crippen molar-refractivity contribution in [3.05, 3.63) is 23.8 Å². The molecule has 0 bridgehead atoms. The predicted octanol–water partition coefficient (Wildman–Crippen LogP) is -0.550. The molecule has 20 heavy (non-hydrogen) atoms. The Kier molecular flexibility index (Phi) is 4.29. The first-order chi connectivity index (χ1) is 9.49. The number of rotatable bonds is 1. The lowest BCUT2D eigenvalue weighted by molar-refractivity contribution is -0.129. The number of β-amino-alcohol motifs (C(OH)–C–C–N with tert-alkyl or cyclic N) is 1. The molecule has 1 aromatic rings. The zero-order valence-corrected chi connectivity index (χ0v) is 11.6. The summed E-state index contributed by atoms with van der Waals surface area (Å²) in [6, 6.07) is 0. The Hall–Kier alpha value is -2.02.